The highest BCUT2D eigenvalue weighted by molar-refractivity contribution is 5.96. The summed E-state index contributed by atoms with van der Waals surface area (Å²) in [4.78, 5) is 12.3. The van der Waals surface area contributed by atoms with E-state index in [1.54, 1.807) is 12.1 Å². The summed E-state index contributed by atoms with van der Waals surface area (Å²) in [6, 6.07) is 7.90. The summed E-state index contributed by atoms with van der Waals surface area (Å²) < 4.78 is 15.0. The number of rotatable bonds is 5. The molecule has 1 unspecified atom stereocenters. The number of nitrogens with zero attached hydrogens (tertiary/aromatic N) is 1. The number of aliphatic hydroxyl groups excluding tert-OH is 1. The van der Waals surface area contributed by atoms with Crippen molar-refractivity contribution >= 4 is 5.91 Å². The van der Waals surface area contributed by atoms with Crippen LogP contribution in [0.3, 0.4) is 0 Å². The summed E-state index contributed by atoms with van der Waals surface area (Å²) in [5, 5.41) is 11.8. The van der Waals surface area contributed by atoms with Crippen LogP contribution in [0.15, 0.2) is 30.3 Å². The molecule has 5 heteroatoms. The lowest BCUT2D eigenvalue weighted by Crippen LogP contribution is -2.33. The van der Waals surface area contributed by atoms with E-state index in [1.165, 1.54) is 12.1 Å². The van der Waals surface area contributed by atoms with E-state index in [0.29, 0.717) is 12.0 Å². The van der Waals surface area contributed by atoms with Gasteiger partial charge in [0.15, 0.2) is 0 Å². The summed E-state index contributed by atoms with van der Waals surface area (Å²) in [7, 11) is 0. The van der Waals surface area contributed by atoms with Crippen LogP contribution in [0.5, 0.6) is 0 Å². The van der Waals surface area contributed by atoms with Crippen LogP contribution in [0, 0.1) is 19.7 Å². The van der Waals surface area contributed by atoms with E-state index in [0.717, 1.165) is 17.1 Å². The van der Waals surface area contributed by atoms with Gasteiger partial charge in [-0.15, -0.1) is 0 Å². The molecule has 0 saturated carbocycles. The first kappa shape index (κ1) is 16.2. The van der Waals surface area contributed by atoms with Crippen molar-refractivity contribution in [3.63, 3.8) is 0 Å². The Morgan fingerprint density at radius 3 is 2.55 bits per heavy atom. The second kappa shape index (κ2) is 6.75. The predicted octanol–water partition coefficient (Wildman–Crippen LogP) is 2.73. The molecule has 118 valence electrons. The average Bonchev–Trinajstić information content (AvgIpc) is 2.75. The van der Waals surface area contributed by atoms with Crippen LogP contribution in [0.4, 0.5) is 4.39 Å². The molecular weight excluding hydrogens is 283 g/mol. The van der Waals surface area contributed by atoms with Crippen LogP contribution in [-0.2, 0) is 0 Å². The van der Waals surface area contributed by atoms with Gasteiger partial charge in [0, 0.05) is 29.7 Å². The Balaban J connectivity index is 2.31. The summed E-state index contributed by atoms with van der Waals surface area (Å²) in [6.45, 7) is 5.66. The van der Waals surface area contributed by atoms with Crippen LogP contribution < -0.4 is 5.32 Å². The summed E-state index contributed by atoms with van der Waals surface area (Å²) in [5.41, 5.74) is 3.12. The van der Waals surface area contributed by atoms with Crippen molar-refractivity contribution in [2.45, 2.75) is 33.2 Å². The Bertz CT molecular complexity index is 662. The first-order chi connectivity index (χ1) is 10.4. The smallest absolute Gasteiger partial charge is 0.253 e. The number of aromatic nitrogens is 1. The van der Waals surface area contributed by atoms with Gasteiger partial charge < -0.3 is 15.0 Å². The molecule has 0 bridgehead atoms. The van der Waals surface area contributed by atoms with Gasteiger partial charge in [-0.05, 0) is 57.5 Å². The molecule has 1 heterocycles. The molecule has 4 nitrogen and oxygen atoms in total. The van der Waals surface area contributed by atoms with Gasteiger partial charge in [-0.25, -0.2) is 4.39 Å². The van der Waals surface area contributed by atoms with E-state index in [9.17, 15) is 9.18 Å². The minimum Gasteiger partial charge on any atom is -0.396 e. The molecule has 22 heavy (non-hydrogen) atoms. The first-order valence-electron chi connectivity index (χ1n) is 7.30. The number of carbonyl (C=O) groups excluding carboxylic acids is 1. The zero-order chi connectivity index (χ0) is 16.3. The van der Waals surface area contributed by atoms with E-state index in [2.05, 4.69) is 5.32 Å². The Hall–Kier alpha value is -2.14. The molecule has 0 aliphatic heterocycles. The monoisotopic (exact) mass is 304 g/mol. The minimum absolute atomic E-state index is 0.0377. The standard InChI is InChI=1S/C17H21FN2O2/c1-11(8-9-21)19-17(22)16-10-12(2)20(13(16)3)15-6-4-14(18)5-7-15/h4-7,10-11,21H,8-9H2,1-3H3,(H,19,22). The molecule has 1 atom stereocenters. The van der Waals surface area contributed by atoms with E-state index in [1.807, 2.05) is 31.4 Å². The van der Waals surface area contributed by atoms with E-state index >= 15 is 0 Å². The van der Waals surface area contributed by atoms with Gasteiger partial charge in [-0.3, -0.25) is 4.79 Å². The zero-order valence-electron chi connectivity index (χ0n) is 13.1. The van der Waals surface area contributed by atoms with Crippen LogP contribution in [0.2, 0.25) is 0 Å². The number of hydrogen-bond donors (Lipinski definition) is 2. The third kappa shape index (κ3) is 3.36. The Morgan fingerprint density at radius 1 is 1.32 bits per heavy atom. The number of nitrogens with one attached hydrogen (secondary N) is 1. The van der Waals surface area contributed by atoms with Crippen molar-refractivity contribution in [2.75, 3.05) is 6.61 Å². The second-order valence-electron chi connectivity index (χ2n) is 5.48. The lowest BCUT2D eigenvalue weighted by molar-refractivity contribution is 0.0934. The normalized spacial score (nSPS) is 12.2. The molecule has 0 radical (unpaired) electrons. The first-order valence-corrected chi connectivity index (χ1v) is 7.30. The zero-order valence-corrected chi connectivity index (χ0v) is 13.1. The number of aliphatic hydroxyl groups is 1. The van der Waals surface area contributed by atoms with Gasteiger partial charge in [-0.1, -0.05) is 0 Å². The second-order valence-corrected chi connectivity index (χ2v) is 5.48. The highest BCUT2D eigenvalue weighted by atomic mass is 19.1. The van der Waals surface area contributed by atoms with Gasteiger partial charge in [0.1, 0.15) is 5.82 Å². The summed E-state index contributed by atoms with van der Waals surface area (Å²) in [6.07, 6.45) is 0.516. The van der Waals surface area contributed by atoms with Gasteiger partial charge >= 0.3 is 0 Å². The topological polar surface area (TPSA) is 54.3 Å². The number of hydrogen-bond acceptors (Lipinski definition) is 2. The molecule has 0 spiro atoms. The Morgan fingerprint density at radius 2 is 1.95 bits per heavy atom. The maximum absolute atomic E-state index is 13.1. The number of aryl methyl sites for hydroxylation is 1. The van der Waals surface area contributed by atoms with Crippen molar-refractivity contribution < 1.29 is 14.3 Å². The maximum atomic E-state index is 13.1. The van der Waals surface area contributed by atoms with Crippen molar-refractivity contribution in [1.82, 2.24) is 9.88 Å². The molecular formula is C17H21FN2O2. The minimum atomic E-state index is -0.290. The molecule has 1 aromatic carbocycles. The van der Waals surface area contributed by atoms with E-state index < -0.39 is 0 Å². The average molecular weight is 304 g/mol. The molecule has 1 aromatic heterocycles. The fourth-order valence-electron chi connectivity index (χ4n) is 2.55. The van der Waals surface area contributed by atoms with Crippen molar-refractivity contribution in [3.8, 4) is 5.69 Å². The molecule has 2 aromatic rings. The van der Waals surface area contributed by atoms with Crippen molar-refractivity contribution in [1.29, 1.82) is 0 Å². The van der Waals surface area contributed by atoms with E-state index in [4.69, 9.17) is 5.11 Å². The van der Waals surface area contributed by atoms with Crippen LogP contribution in [-0.4, -0.2) is 28.2 Å². The number of benzene rings is 1. The Labute approximate surface area is 129 Å². The van der Waals surface area contributed by atoms with Gasteiger partial charge in [0.25, 0.3) is 5.91 Å². The molecule has 1 amide bonds. The lowest BCUT2D eigenvalue weighted by Gasteiger charge is -2.13. The summed E-state index contributed by atoms with van der Waals surface area (Å²) in [5.74, 6) is -0.454. The summed E-state index contributed by atoms with van der Waals surface area (Å²) >= 11 is 0. The maximum Gasteiger partial charge on any atom is 0.253 e. The van der Waals surface area contributed by atoms with E-state index in [-0.39, 0.29) is 24.4 Å². The molecule has 2 N–H and O–H groups in total. The molecule has 2 rings (SSSR count). The predicted molar refractivity (Wildman–Crippen MR) is 83.8 cm³/mol. The third-order valence-electron chi connectivity index (χ3n) is 3.70. The van der Waals surface area contributed by atoms with Gasteiger partial charge in [0.2, 0.25) is 0 Å². The number of carbonyl (C=O) groups is 1. The largest absolute Gasteiger partial charge is 0.396 e. The molecule has 0 aliphatic carbocycles. The fraction of sp³-hybridized carbons (Fsp3) is 0.353. The molecule has 0 fully saturated rings. The van der Waals surface area contributed by atoms with Crippen molar-refractivity contribution in [3.05, 3.63) is 53.1 Å². The van der Waals surface area contributed by atoms with Crippen LogP contribution >= 0.6 is 0 Å². The number of amides is 1. The molecule has 0 saturated heterocycles. The SMILES string of the molecule is Cc1cc(C(=O)NC(C)CCO)c(C)n1-c1ccc(F)cc1. The quantitative estimate of drug-likeness (QED) is 0.892. The number of halogens is 1. The van der Waals surface area contributed by atoms with Crippen LogP contribution in [0.25, 0.3) is 5.69 Å². The molecule has 0 aliphatic rings. The fourth-order valence-corrected chi connectivity index (χ4v) is 2.55. The Kier molecular flexibility index (Phi) is 4.98. The van der Waals surface area contributed by atoms with Crippen LogP contribution in [0.1, 0.15) is 35.1 Å². The highest BCUT2D eigenvalue weighted by Gasteiger charge is 2.18. The van der Waals surface area contributed by atoms with Crippen molar-refractivity contribution in [2.24, 2.45) is 0 Å². The lowest BCUT2D eigenvalue weighted by atomic mass is 10.2. The van der Waals surface area contributed by atoms with Gasteiger partial charge in [-0.2, -0.15) is 0 Å². The highest BCUT2D eigenvalue weighted by Crippen LogP contribution is 2.21. The van der Waals surface area contributed by atoms with Gasteiger partial charge in [0.05, 0.1) is 5.56 Å². The third-order valence-corrected chi connectivity index (χ3v) is 3.70.